The van der Waals surface area contributed by atoms with Crippen LogP contribution in [0, 0.1) is 5.92 Å². The van der Waals surface area contributed by atoms with Gasteiger partial charge in [0.25, 0.3) is 0 Å². The summed E-state index contributed by atoms with van der Waals surface area (Å²) < 4.78 is 0. The van der Waals surface area contributed by atoms with Gasteiger partial charge in [-0.3, -0.25) is 4.79 Å². The molecule has 0 aliphatic rings. The maximum atomic E-state index is 11.4. The molecule has 0 aromatic carbocycles. The number of nitrogens with one attached hydrogen (secondary N) is 1. The van der Waals surface area contributed by atoms with Crippen molar-refractivity contribution in [2.24, 2.45) is 11.7 Å². The lowest BCUT2D eigenvalue weighted by molar-refractivity contribution is -0.123. The molecule has 0 saturated carbocycles. The van der Waals surface area contributed by atoms with Gasteiger partial charge in [0.05, 0.1) is 5.92 Å². The van der Waals surface area contributed by atoms with Gasteiger partial charge in [0.2, 0.25) is 11.9 Å². The van der Waals surface area contributed by atoms with Crippen molar-refractivity contribution in [2.45, 2.75) is 6.92 Å². The van der Waals surface area contributed by atoms with E-state index in [1.807, 2.05) is 14.0 Å². The molecule has 98 valence electrons. The summed E-state index contributed by atoms with van der Waals surface area (Å²) in [6.45, 7) is 2.35. The van der Waals surface area contributed by atoms with Crippen molar-refractivity contribution in [2.75, 3.05) is 25.5 Å². The first-order valence-electron chi connectivity index (χ1n) is 5.51. The minimum absolute atomic E-state index is 0.0210. The van der Waals surface area contributed by atoms with Crippen molar-refractivity contribution in [3.05, 3.63) is 18.0 Å². The third-order valence-corrected chi connectivity index (χ3v) is 2.69. The average Bonchev–Trinajstić information content (AvgIpc) is 2.37. The Bertz CT molecular complexity index is 451. The zero-order chi connectivity index (χ0) is 13.7. The molecule has 0 saturated heterocycles. The predicted molar refractivity (Wildman–Crippen MR) is 74.4 cm³/mol. The molecule has 1 heterocycles. The van der Waals surface area contributed by atoms with Gasteiger partial charge in [0.1, 0.15) is 10.7 Å². The maximum Gasteiger partial charge on any atom is 0.225 e. The highest BCUT2D eigenvalue weighted by atomic mass is 32.1. The van der Waals surface area contributed by atoms with Crippen LogP contribution in [-0.4, -0.2) is 41.5 Å². The van der Waals surface area contributed by atoms with Crippen LogP contribution in [0.5, 0.6) is 0 Å². The smallest absolute Gasteiger partial charge is 0.225 e. The minimum atomic E-state index is -0.155. The second kappa shape index (κ2) is 6.25. The van der Waals surface area contributed by atoms with E-state index in [0.29, 0.717) is 18.2 Å². The Morgan fingerprint density at radius 3 is 2.89 bits per heavy atom. The molecule has 1 rings (SSSR count). The molecule has 1 aromatic heterocycles. The molecule has 0 aliphatic carbocycles. The minimum Gasteiger partial charge on any atom is -0.388 e. The van der Waals surface area contributed by atoms with Crippen molar-refractivity contribution >= 4 is 29.1 Å². The fraction of sp³-hybridized carbons (Fsp3) is 0.455. The first-order chi connectivity index (χ1) is 8.45. The first-order valence-corrected chi connectivity index (χ1v) is 5.92. The summed E-state index contributed by atoms with van der Waals surface area (Å²) in [7, 11) is 3.43. The van der Waals surface area contributed by atoms with Crippen LogP contribution in [0.2, 0.25) is 0 Å². The number of hydrogen-bond acceptors (Lipinski definition) is 5. The Hall–Kier alpha value is -1.76. The summed E-state index contributed by atoms with van der Waals surface area (Å²) >= 11 is 4.86. The summed E-state index contributed by atoms with van der Waals surface area (Å²) in [6, 6.07) is 1.65. The molecular weight excluding hydrogens is 250 g/mol. The van der Waals surface area contributed by atoms with E-state index >= 15 is 0 Å². The number of hydrogen-bond donors (Lipinski definition) is 2. The highest BCUT2D eigenvalue weighted by Crippen LogP contribution is 2.08. The summed E-state index contributed by atoms with van der Waals surface area (Å²) in [5.41, 5.74) is 6.03. The van der Waals surface area contributed by atoms with Crippen LogP contribution in [0.3, 0.4) is 0 Å². The molecule has 6 nitrogen and oxygen atoms in total. The molecular formula is C11H17N5OS. The Morgan fingerprint density at radius 2 is 2.33 bits per heavy atom. The standard InChI is InChI=1S/C11H17N5OS/c1-7(10(17)13-2)6-16(3)11-14-5-4-8(15-11)9(12)18/h4-5,7H,6H2,1-3H3,(H2,12,18)(H,13,17). The monoisotopic (exact) mass is 267 g/mol. The van der Waals surface area contributed by atoms with Crippen LogP contribution in [0.25, 0.3) is 0 Å². The molecule has 1 atom stereocenters. The zero-order valence-corrected chi connectivity index (χ0v) is 11.5. The molecule has 3 N–H and O–H groups in total. The number of carbonyl (C=O) groups is 1. The van der Waals surface area contributed by atoms with Crippen molar-refractivity contribution in [1.29, 1.82) is 0 Å². The van der Waals surface area contributed by atoms with Crippen molar-refractivity contribution < 1.29 is 4.79 Å². The fourth-order valence-electron chi connectivity index (χ4n) is 1.49. The van der Waals surface area contributed by atoms with E-state index in [0.717, 1.165) is 0 Å². The van der Waals surface area contributed by atoms with Gasteiger partial charge in [-0.25, -0.2) is 9.97 Å². The lowest BCUT2D eigenvalue weighted by atomic mass is 10.1. The Labute approximate surface area is 112 Å². The van der Waals surface area contributed by atoms with Gasteiger partial charge in [0.15, 0.2) is 0 Å². The molecule has 0 bridgehead atoms. The highest BCUT2D eigenvalue weighted by molar-refractivity contribution is 7.80. The quantitative estimate of drug-likeness (QED) is 0.727. The van der Waals surface area contributed by atoms with Crippen LogP contribution in [0.15, 0.2) is 12.3 Å². The second-order valence-corrected chi connectivity index (χ2v) is 4.44. The van der Waals surface area contributed by atoms with Crippen molar-refractivity contribution in [3.63, 3.8) is 0 Å². The molecule has 0 radical (unpaired) electrons. The zero-order valence-electron chi connectivity index (χ0n) is 10.7. The van der Waals surface area contributed by atoms with Crippen molar-refractivity contribution in [1.82, 2.24) is 15.3 Å². The van der Waals surface area contributed by atoms with Gasteiger partial charge in [0, 0.05) is 26.8 Å². The molecule has 0 fully saturated rings. The highest BCUT2D eigenvalue weighted by Gasteiger charge is 2.15. The molecule has 1 aromatic rings. The lowest BCUT2D eigenvalue weighted by Gasteiger charge is -2.20. The Balaban J connectivity index is 2.78. The van der Waals surface area contributed by atoms with Gasteiger partial charge < -0.3 is 16.0 Å². The molecule has 0 aliphatic heterocycles. The van der Waals surface area contributed by atoms with E-state index in [9.17, 15) is 4.79 Å². The molecule has 1 amide bonds. The van der Waals surface area contributed by atoms with Gasteiger partial charge in [-0.1, -0.05) is 19.1 Å². The van der Waals surface area contributed by atoms with E-state index in [1.54, 1.807) is 24.2 Å². The van der Waals surface area contributed by atoms with E-state index in [4.69, 9.17) is 18.0 Å². The third kappa shape index (κ3) is 3.63. The van der Waals surface area contributed by atoms with Crippen LogP contribution in [-0.2, 0) is 4.79 Å². The molecule has 1 unspecified atom stereocenters. The number of nitrogens with two attached hydrogens (primary N) is 1. The SMILES string of the molecule is CNC(=O)C(C)CN(C)c1nccc(C(N)=S)n1. The van der Waals surface area contributed by atoms with Crippen LogP contribution in [0.4, 0.5) is 5.95 Å². The van der Waals surface area contributed by atoms with E-state index in [1.165, 1.54) is 0 Å². The summed E-state index contributed by atoms with van der Waals surface area (Å²) in [4.78, 5) is 21.8. The second-order valence-electron chi connectivity index (χ2n) is 4.00. The number of anilines is 1. The molecule has 7 heteroatoms. The predicted octanol–water partition coefficient (Wildman–Crippen LogP) is -0.0709. The Morgan fingerprint density at radius 1 is 1.67 bits per heavy atom. The number of nitrogens with zero attached hydrogens (tertiary/aromatic N) is 3. The summed E-state index contributed by atoms with van der Waals surface area (Å²) in [5, 5.41) is 2.60. The van der Waals surface area contributed by atoms with Crippen molar-refractivity contribution in [3.8, 4) is 0 Å². The third-order valence-electron chi connectivity index (χ3n) is 2.48. The largest absolute Gasteiger partial charge is 0.388 e. The van der Waals surface area contributed by atoms with Gasteiger partial charge in [-0.15, -0.1) is 0 Å². The number of rotatable bonds is 5. The average molecular weight is 267 g/mol. The molecule has 18 heavy (non-hydrogen) atoms. The Kier molecular flexibility index (Phi) is 4.96. The number of aromatic nitrogens is 2. The van der Waals surface area contributed by atoms with Crippen LogP contribution < -0.4 is 16.0 Å². The fourth-order valence-corrected chi connectivity index (χ4v) is 1.60. The number of thiocarbonyl (C=S) groups is 1. The first kappa shape index (κ1) is 14.3. The van der Waals surface area contributed by atoms with Crippen LogP contribution in [0.1, 0.15) is 12.6 Å². The number of amides is 1. The van der Waals surface area contributed by atoms with Gasteiger partial charge >= 0.3 is 0 Å². The normalized spacial score (nSPS) is 11.7. The van der Waals surface area contributed by atoms with Gasteiger partial charge in [-0.05, 0) is 6.07 Å². The van der Waals surface area contributed by atoms with E-state index in [-0.39, 0.29) is 16.8 Å². The summed E-state index contributed by atoms with van der Waals surface area (Å²) in [6.07, 6.45) is 1.60. The number of carbonyl (C=O) groups excluding carboxylic acids is 1. The summed E-state index contributed by atoms with van der Waals surface area (Å²) in [5.74, 6) is 0.320. The van der Waals surface area contributed by atoms with Crippen LogP contribution >= 0.6 is 12.2 Å². The van der Waals surface area contributed by atoms with Gasteiger partial charge in [-0.2, -0.15) is 0 Å². The maximum absolute atomic E-state index is 11.4. The molecule has 0 spiro atoms. The lowest BCUT2D eigenvalue weighted by Crippen LogP contribution is -2.35. The topological polar surface area (TPSA) is 84.1 Å². The van der Waals surface area contributed by atoms with E-state index in [2.05, 4.69) is 15.3 Å². The van der Waals surface area contributed by atoms with E-state index < -0.39 is 0 Å².